The smallest absolute Gasteiger partial charge is 0.315 e. The maximum absolute atomic E-state index is 11.5. The number of urea groups is 1. The molecular formula is C13H18N2O4S. The molecule has 2 amide bonds. The van der Waals surface area contributed by atoms with E-state index < -0.39 is 16.8 Å². The van der Waals surface area contributed by atoms with Crippen LogP contribution in [0.25, 0.3) is 0 Å². The van der Waals surface area contributed by atoms with Gasteiger partial charge in [-0.25, -0.2) is 4.79 Å². The van der Waals surface area contributed by atoms with Gasteiger partial charge < -0.3 is 15.7 Å². The van der Waals surface area contributed by atoms with E-state index in [-0.39, 0.29) is 19.0 Å². The van der Waals surface area contributed by atoms with Gasteiger partial charge in [0, 0.05) is 35.9 Å². The number of rotatable bonds is 7. The van der Waals surface area contributed by atoms with Gasteiger partial charge in [-0.2, -0.15) is 0 Å². The van der Waals surface area contributed by atoms with Crippen molar-refractivity contribution < 1.29 is 18.9 Å². The molecule has 1 aromatic carbocycles. The first-order valence-electron chi connectivity index (χ1n) is 6.09. The van der Waals surface area contributed by atoms with E-state index >= 15 is 0 Å². The molecule has 3 N–H and O–H groups in total. The quantitative estimate of drug-likeness (QED) is 0.682. The van der Waals surface area contributed by atoms with Gasteiger partial charge in [0.05, 0.1) is 6.42 Å². The summed E-state index contributed by atoms with van der Waals surface area (Å²) in [5, 5.41) is 14.0. The molecular weight excluding hydrogens is 280 g/mol. The second-order valence-electron chi connectivity index (χ2n) is 4.23. The molecule has 0 aliphatic carbocycles. The Kier molecular flexibility index (Phi) is 6.72. The third-order valence-corrected chi connectivity index (χ3v) is 3.35. The predicted octanol–water partition coefficient (Wildman–Crippen LogP) is 0.491. The summed E-state index contributed by atoms with van der Waals surface area (Å²) in [7, 11) is -0.940. The summed E-state index contributed by atoms with van der Waals surface area (Å²) in [5.41, 5.74) is 1.44. The Balaban J connectivity index is 2.46. The van der Waals surface area contributed by atoms with Crippen molar-refractivity contribution in [2.24, 2.45) is 0 Å². The molecule has 1 aromatic rings. The Morgan fingerprint density at radius 3 is 2.45 bits per heavy atom. The van der Waals surface area contributed by atoms with Gasteiger partial charge in [-0.3, -0.25) is 9.00 Å². The maximum Gasteiger partial charge on any atom is 0.315 e. The first-order valence-corrected chi connectivity index (χ1v) is 7.82. The molecule has 6 nitrogen and oxygen atoms in total. The van der Waals surface area contributed by atoms with Crippen molar-refractivity contribution in [1.82, 2.24) is 10.6 Å². The minimum absolute atomic E-state index is 0.0751. The fourth-order valence-corrected chi connectivity index (χ4v) is 2.00. The Hall–Kier alpha value is -1.89. The highest BCUT2D eigenvalue weighted by atomic mass is 32.2. The van der Waals surface area contributed by atoms with Crippen molar-refractivity contribution in [1.29, 1.82) is 0 Å². The van der Waals surface area contributed by atoms with Gasteiger partial charge in [0.1, 0.15) is 0 Å². The molecule has 1 rings (SSSR count). The molecule has 0 aliphatic rings. The van der Waals surface area contributed by atoms with Crippen molar-refractivity contribution in [2.45, 2.75) is 13.0 Å². The van der Waals surface area contributed by atoms with E-state index in [1.165, 1.54) is 0 Å². The van der Waals surface area contributed by atoms with Crippen LogP contribution in [0.4, 0.5) is 4.79 Å². The maximum atomic E-state index is 11.5. The molecule has 0 fully saturated rings. The first-order chi connectivity index (χ1) is 9.49. The first kappa shape index (κ1) is 16.2. The van der Waals surface area contributed by atoms with Crippen LogP contribution in [-0.2, 0) is 28.6 Å². The van der Waals surface area contributed by atoms with Crippen molar-refractivity contribution in [3.8, 4) is 0 Å². The third kappa shape index (κ3) is 6.33. The number of hydrogen-bond acceptors (Lipinski definition) is 3. The van der Waals surface area contributed by atoms with Crippen molar-refractivity contribution in [2.75, 3.05) is 18.6 Å². The number of nitrogens with one attached hydrogen (secondary N) is 2. The molecule has 0 aliphatic heterocycles. The normalized spacial score (nSPS) is 11.7. The Labute approximate surface area is 120 Å². The molecule has 0 saturated carbocycles. The van der Waals surface area contributed by atoms with Gasteiger partial charge in [0.15, 0.2) is 0 Å². The number of carbonyl (C=O) groups excluding carboxylic acids is 1. The van der Waals surface area contributed by atoms with Crippen LogP contribution >= 0.6 is 0 Å². The molecule has 20 heavy (non-hydrogen) atoms. The summed E-state index contributed by atoms with van der Waals surface area (Å²) in [6.07, 6.45) is 1.50. The van der Waals surface area contributed by atoms with Crippen LogP contribution in [0.3, 0.4) is 0 Å². The van der Waals surface area contributed by atoms with E-state index in [9.17, 15) is 13.8 Å². The molecule has 7 heteroatoms. The average molecular weight is 298 g/mol. The summed E-state index contributed by atoms with van der Waals surface area (Å²) in [6.45, 7) is 0.593. The highest BCUT2D eigenvalue weighted by Crippen LogP contribution is 2.09. The number of amides is 2. The van der Waals surface area contributed by atoms with E-state index in [2.05, 4.69) is 10.6 Å². The third-order valence-electron chi connectivity index (χ3n) is 2.57. The van der Waals surface area contributed by atoms with Crippen molar-refractivity contribution >= 4 is 22.8 Å². The molecule has 0 spiro atoms. The highest BCUT2D eigenvalue weighted by molar-refractivity contribution is 7.84. The average Bonchev–Trinajstić information content (AvgIpc) is 2.36. The fraction of sp³-hybridized carbons (Fsp3) is 0.385. The van der Waals surface area contributed by atoms with Crippen LogP contribution in [0.15, 0.2) is 24.3 Å². The van der Waals surface area contributed by atoms with Gasteiger partial charge in [0.2, 0.25) is 0 Å². The van der Waals surface area contributed by atoms with Gasteiger partial charge in [-0.1, -0.05) is 24.3 Å². The predicted molar refractivity (Wildman–Crippen MR) is 77.0 cm³/mol. The van der Waals surface area contributed by atoms with Crippen LogP contribution < -0.4 is 10.6 Å². The molecule has 0 aromatic heterocycles. The van der Waals surface area contributed by atoms with Crippen LogP contribution in [-0.4, -0.2) is 39.9 Å². The summed E-state index contributed by atoms with van der Waals surface area (Å²) in [6, 6.07) is 6.70. The van der Waals surface area contributed by atoms with Crippen molar-refractivity contribution in [3.05, 3.63) is 35.4 Å². The lowest BCUT2D eigenvalue weighted by atomic mass is 10.0. The lowest BCUT2D eigenvalue weighted by molar-refractivity contribution is -0.136. The van der Waals surface area contributed by atoms with E-state index in [1.807, 2.05) is 0 Å². The largest absolute Gasteiger partial charge is 0.481 e. The molecule has 1 atom stereocenters. The van der Waals surface area contributed by atoms with E-state index in [1.54, 1.807) is 30.5 Å². The zero-order chi connectivity index (χ0) is 15.0. The zero-order valence-corrected chi connectivity index (χ0v) is 12.0. The molecule has 0 saturated heterocycles. The van der Waals surface area contributed by atoms with Gasteiger partial charge in [-0.05, 0) is 11.1 Å². The SMILES string of the molecule is CS(=O)CCNC(=O)NCc1ccccc1CC(=O)O. The monoisotopic (exact) mass is 298 g/mol. The van der Waals surface area contributed by atoms with Gasteiger partial charge in [0.25, 0.3) is 0 Å². The number of benzene rings is 1. The van der Waals surface area contributed by atoms with E-state index in [0.29, 0.717) is 17.9 Å². The number of carbonyl (C=O) groups is 2. The van der Waals surface area contributed by atoms with Crippen LogP contribution in [0, 0.1) is 0 Å². The standard InChI is InChI=1S/C13H18N2O4S/c1-20(19)7-6-14-13(18)15-9-11-5-3-2-4-10(11)8-12(16)17/h2-5H,6-9H2,1H3,(H,16,17)(H2,14,15,18). The Bertz CT molecular complexity index is 505. The van der Waals surface area contributed by atoms with Crippen molar-refractivity contribution in [3.63, 3.8) is 0 Å². The van der Waals surface area contributed by atoms with Gasteiger partial charge >= 0.3 is 12.0 Å². The molecule has 0 heterocycles. The van der Waals surface area contributed by atoms with Gasteiger partial charge in [-0.15, -0.1) is 0 Å². The number of aliphatic carboxylic acids is 1. The van der Waals surface area contributed by atoms with Crippen LogP contribution in [0.5, 0.6) is 0 Å². The topological polar surface area (TPSA) is 95.5 Å². The molecule has 0 bridgehead atoms. The highest BCUT2D eigenvalue weighted by Gasteiger charge is 2.07. The zero-order valence-electron chi connectivity index (χ0n) is 11.2. The Morgan fingerprint density at radius 2 is 1.85 bits per heavy atom. The molecule has 110 valence electrons. The second-order valence-corrected chi connectivity index (χ2v) is 5.78. The lowest BCUT2D eigenvalue weighted by Gasteiger charge is -2.10. The summed E-state index contributed by atoms with van der Waals surface area (Å²) in [4.78, 5) is 22.2. The van der Waals surface area contributed by atoms with E-state index in [0.717, 1.165) is 5.56 Å². The molecule has 0 radical (unpaired) electrons. The minimum atomic E-state index is -0.940. The Morgan fingerprint density at radius 1 is 1.20 bits per heavy atom. The second kappa shape index (κ2) is 8.31. The number of hydrogen-bond donors (Lipinski definition) is 3. The van der Waals surface area contributed by atoms with Crippen LogP contribution in [0.1, 0.15) is 11.1 Å². The lowest BCUT2D eigenvalue weighted by Crippen LogP contribution is -2.37. The van der Waals surface area contributed by atoms with E-state index in [4.69, 9.17) is 5.11 Å². The fourth-order valence-electron chi connectivity index (χ4n) is 1.61. The number of carboxylic acid groups (broad SMARTS) is 1. The van der Waals surface area contributed by atoms with Crippen LogP contribution in [0.2, 0.25) is 0 Å². The summed E-state index contributed by atoms with van der Waals surface area (Å²) in [5.74, 6) is -0.504. The summed E-state index contributed by atoms with van der Waals surface area (Å²) >= 11 is 0. The molecule has 1 unspecified atom stereocenters. The number of carboxylic acids is 1. The minimum Gasteiger partial charge on any atom is -0.481 e. The summed E-state index contributed by atoms with van der Waals surface area (Å²) < 4.78 is 10.8.